The number of alkyl carbamates (subject to hydrolysis) is 1. The van der Waals surface area contributed by atoms with Crippen LogP contribution in [0.4, 0.5) is 4.79 Å². The number of benzene rings is 1. The van der Waals surface area contributed by atoms with Gasteiger partial charge >= 0.3 is 53.8 Å². The number of ether oxygens (including phenoxy) is 13. The number of rotatable bonds is 26. The highest BCUT2D eigenvalue weighted by molar-refractivity contribution is 5.76. The minimum atomic E-state index is -1.56. The fourth-order valence-electron chi connectivity index (χ4n) is 7.27. The molecule has 10 atom stereocenters. The lowest BCUT2D eigenvalue weighted by atomic mass is 9.98. The lowest BCUT2D eigenvalue weighted by molar-refractivity contribution is -0.309. The molecule has 2 heterocycles. The first-order chi connectivity index (χ1) is 33.6. The molecule has 2 amide bonds. The number of amides is 2. The van der Waals surface area contributed by atoms with E-state index >= 15 is 0 Å². The average Bonchev–Trinajstić information content (AvgIpc) is 3.27. The minimum absolute atomic E-state index is 0.0173. The van der Waals surface area contributed by atoms with E-state index in [9.17, 15) is 47.9 Å². The molecule has 2 fully saturated rings. The van der Waals surface area contributed by atoms with Gasteiger partial charge in [-0.05, 0) is 18.4 Å². The van der Waals surface area contributed by atoms with Crippen LogP contribution in [0.1, 0.15) is 86.6 Å². The number of hydrogen-bond acceptors (Lipinski definition) is 23. The molecule has 0 spiro atoms. The van der Waals surface area contributed by atoms with Crippen molar-refractivity contribution in [2.45, 2.75) is 149 Å². The Morgan fingerprint density at radius 1 is 0.493 bits per heavy atom. The molecule has 0 unspecified atom stereocenters. The summed E-state index contributed by atoms with van der Waals surface area (Å²) in [6.45, 7) is 6.85. The summed E-state index contributed by atoms with van der Waals surface area (Å²) >= 11 is 0. The Morgan fingerprint density at radius 2 is 0.901 bits per heavy atom. The monoisotopic (exact) mass is 1010 g/mol. The highest BCUT2D eigenvalue weighted by atomic mass is 16.7. The van der Waals surface area contributed by atoms with Crippen molar-refractivity contribution in [2.24, 2.45) is 0 Å². The second-order valence-corrected chi connectivity index (χ2v) is 16.1. The van der Waals surface area contributed by atoms with Gasteiger partial charge in [0.25, 0.3) is 0 Å². The standard InChI is InChI=1S/C46H64N2O23/c1-26(49)61-24-35-38(64-28(3)51)40(66-30(5)53)42(68-32(7)55)44(70-35)59-21-19-48(37(57)17-13-10-14-18-47-46(58)63-23-34-15-11-9-12-16-34)20-22-60-45-43(69-33(8)56)41(67-31(6)54)39(65-29(4)52)36(71-45)25-62-27(2)50/h9,11-12,15-16,35-36,38-45H,10,13-14,17-25H2,1-8H3,(H,47,58)/t35-,36-,38-,39-,40+,41+,42+,43+,44+,45+/m1/s1. The van der Waals surface area contributed by atoms with Crippen LogP contribution < -0.4 is 5.32 Å². The normalized spacial score (nSPS) is 23.6. The van der Waals surface area contributed by atoms with Gasteiger partial charge in [0.15, 0.2) is 49.2 Å². The van der Waals surface area contributed by atoms with Crippen LogP contribution in [0.25, 0.3) is 0 Å². The van der Waals surface area contributed by atoms with Crippen molar-refractivity contribution in [3.05, 3.63) is 35.9 Å². The highest BCUT2D eigenvalue weighted by Crippen LogP contribution is 2.32. The molecule has 25 nitrogen and oxygen atoms in total. The van der Waals surface area contributed by atoms with E-state index in [0.717, 1.165) is 61.0 Å². The van der Waals surface area contributed by atoms with Crippen LogP contribution >= 0.6 is 0 Å². The average molecular weight is 1010 g/mol. The summed E-state index contributed by atoms with van der Waals surface area (Å²) in [5.74, 6) is -6.97. The molecule has 1 aromatic rings. The van der Waals surface area contributed by atoms with Crippen LogP contribution in [0, 0.1) is 0 Å². The van der Waals surface area contributed by atoms with E-state index in [1.807, 2.05) is 30.3 Å². The smallest absolute Gasteiger partial charge is 0.407 e. The summed E-state index contributed by atoms with van der Waals surface area (Å²) in [5.41, 5.74) is 0.817. The van der Waals surface area contributed by atoms with Crippen LogP contribution in [0.3, 0.4) is 0 Å². The lowest BCUT2D eigenvalue weighted by Gasteiger charge is -2.44. The van der Waals surface area contributed by atoms with Crippen LogP contribution in [0.15, 0.2) is 30.3 Å². The molecular formula is C46H64N2O23. The summed E-state index contributed by atoms with van der Waals surface area (Å²) in [4.78, 5) is 125. The molecule has 0 saturated carbocycles. The first kappa shape index (κ1) is 58.9. The van der Waals surface area contributed by atoms with Crippen LogP contribution in [-0.4, -0.2) is 172 Å². The summed E-state index contributed by atoms with van der Waals surface area (Å²) in [5, 5.41) is 2.67. The van der Waals surface area contributed by atoms with Crippen LogP contribution in [-0.2, 0) is 111 Å². The summed E-state index contributed by atoms with van der Waals surface area (Å²) in [6.07, 6.45) is -14.0. The summed E-state index contributed by atoms with van der Waals surface area (Å²) in [6, 6.07) is 9.12. The summed E-state index contributed by atoms with van der Waals surface area (Å²) in [7, 11) is 0. The first-order valence-corrected chi connectivity index (χ1v) is 22.7. The van der Waals surface area contributed by atoms with Gasteiger partial charge < -0.3 is 71.8 Å². The zero-order valence-corrected chi connectivity index (χ0v) is 41.0. The zero-order chi connectivity index (χ0) is 52.6. The van der Waals surface area contributed by atoms with Gasteiger partial charge in [-0.1, -0.05) is 36.8 Å². The van der Waals surface area contributed by atoms with Gasteiger partial charge in [0.05, 0.1) is 13.2 Å². The highest BCUT2D eigenvalue weighted by Gasteiger charge is 2.54. The third kappa shape index (κ3) is 21.6. The lowest BCUT2D eigenvalue weighted by Crippen LogP contribution is -2.63. The van der Waals surface area contributed by atoms with Crippen molar-refractivity contribution < 1.29 is 110 Å². The number of nitrogens with one attached hydrogen (secondary N) is 1. The molecule has 25 heteroatoms. The fourth-order valence-corrected chi connectivity index (χ4v) is 7.27. The Morgan fingerprint density at radius 3 is 1.31 bits per heavy atom. The Kier molecular flexibility index (Phi) is 25.2. The van der Waals surface area contributed by atoms with Crippen molar-refractivity contribution in [1.29, 1.82) is 0 Å². The molecule has 1 aromatic carbocycles. The van der Waals surface area contributed by atoms with E-state index in [-0.39, 0.29) is 45.9 Å². The van der Waals surface area contributed by atoms with Gasteiger partial charge in [-0.15, -0.1) is 0 Å². The van der Waals surface area contributed by atoms with E-state index in [0.29, 0.717) is 19.3 Å². The molecular weight excluding hydrogens is 948 g/mol. The Hall–Kier alpha value is -6.44. The summed E-state index contributed by atoms with van der Waals surface area (Å²) < 4.78 is 72.4. The second-order valence-electron chi connectivity index (χ2n) is 16.1. The van der Waals surface area contributed by atoms with Crippen molar-refractivity contribution in [3.8, 4) is 0 Å². The van der Waals surface area contributed by atoms with Crippen LogP contribution in [0.5, 0.6) is 0 Å². The third-order valence-corrected chi connectivity index (χ3v) is 10.1. The fraction of sp³-hybridized carbons (Fsp3) is 0.652. The molecule has 3 rings (SSSR count). The van der Waals surface area contributed by atoms with Crippen LogP contribution in [0.2, 0.25) is 0 Å². The Balaban J connectivity index is 1.85. The molecule has 2 saturated heterocycles. The molecule has 0 aromatic heterocycles. The van der Waals surface area contributed by atoms with E-state index in [1.165, 1.54) is 4.90 Å². The van der Waals surface area contributed by atoms with Gasteiger partial charge in [-0.25, -0.2) is 4.79 Å². The van der Waals surface area contributed by atoms with Crippen molar-refractivity contribution >= 4 is 59.8 Å². The predicted molar refractivity (Wildman–Crippen MR) is 235 cm³/mol. The molecule has 396 valence electrons. The molecule has 0 radical (unpaired) electrons. The van der Waals surface area contributed by atoms with E-state index in [1.54, 1.807) is 0 Å². The molecule has 2 aliphatic heterocycles. The number of carbonyl (C=O) groups excluding carboxylic acids is 10. The largest absolute Gasteiger partial charge is 0.463 e. The van der Waals surface area contributed by atoms with Gasteiger partial charge in [0, 0.05) is 81.4 Å². The molecule has 71 heavy (non-hydrogen) atoms. The molecule has 0 aliphatic carbocycles. The Bertz CT molecular complexity index is 1870. The first-order valence-electron chi connectivity index (χ1n) is 22.7. The van der Waals surface area contributed by atoms with Crippen molar-refractivity contribution in [1.82, 2.24) is 10.2 Å². The maximum absolute atomic E-state index is 13.9. The van der Waals surface area contributed by atoms with E-state index in [2.05, 4.69) is 5.32 Å². The Labute approximate surface area is 409 Å². The van der Waals surface area contributed by atoms with Gasteiger partial charge in [-0.3, -0.25) is 43.2 Å². The van der Waals surface area contributed by atoms with Crippen molar-refractivity contribution in [3.63, 3.8) is 0 Å². The topological polar surface area (TPSA) is 306 Å². The van der Waals surface area contributed by atoms with E-state index < -0.39 is 134 Å². The minimum Gasteiger partial charge on any atom is -0.463 e. The molecule has 2 aliphatic rings. The molecule has 1 N–H and O–H groups in total. The number of unbranched alkanes of at least 4 members (excludes halogenated alkanes) is 2. The predicted octanol–water partition coefficient (Wildman–Crippen LogP) is 1.50. The quantitative estimate of drug-likeness (QED) is 0.0781. The van der Waals surface area contributed by atoms with E-state index in [4.69, 9.17) is 61.6 Å². The van der Waals surface area contributed by atoms with Gasteiger partial charge in [-0.2, -0.15) is 0 Å². The zero-order valence-electron chi connectivity index (χ0n) is 41.0. The third-order valence-electron chi connectivity index (χ3n) is 10.1. The van der Waals surface area contributed by atoms with Gasteiger partial charge in [0.1, 0.15) is 32.0 Å². The van der Waals surface area contributed by atoms with Crippen molar-refractivity contribution in [2.75, 3.05) is 46.1 Å². The SMILES string of the molecule is CC(=O)OC[C@H]1O[C@H](OCCN(CCO[C@H]2O[C@H](COC(C)=O)[C@@H](OC(C)=O)[C@H](OC(C)=O)[C@@H]2OC(C)=O)C(=O)CCCCCNC(=O)OCc2ccccc2)[C@@H](OC(C)=O)[C@@H](OC(C)=O)[C@@H]1OC(C)=O. The number of nitrogens with zero attached hydrogens (tertiary/aromatic N) is 1. The number of esters is 8. The second kappa shape index (κ2) is 30.3. The maximum Gasteiger partial charge on any atom is 0.407 e. The molecule has 0 bridgehead atoms. The number of carbonyl (C=O) groups is 10. The number of hydrogen-bond donors (Lipinski definition) is 1. The maximum atomic E-state index is 13.9. The van der Waals surface area contributed by atoms with Gasteiger partial charge in [0.2, 0.25) is 5.91 Å².